The smallest absolute Gasteiger partial charge is 0.121 e. The molecule has 0 bridgehead atoms. The fraction of sp³-hybridized carbons (Fsp3) is 0.733. The van der Waals surface area contributed by atoms with E-state index in [-0.39, 0.29) is 11.6 Å². The Morgan fingerprint density at radius 3 is 2.78 bits per heavy atom. The first-order valence-corrected chi connectivity index (χ1v) is 7.14. The second-order valence-corrected chi connectivity index (χ2v) is 5.97. The Morgan fingerprint density at radius 1 is 1.33 bits per heavy atom. The van der Waals surface area contributed by atoms with E-state index in [0.29, 0.717) is 5.92 Å². The fourth-order valence-electron chi connectivity index (χ4n) is 3.60. The molecule has 1 aromatic rings. The van der Waals surface area contributed by atoms with Crippen LogP contribution in [0.25, 0.3) is 0 Å². The largest absolute Gasteiger partial charge is 0.465 e. The molecule has 1 saturated carbocycles. The highest BCUT2D eigenvalue weighted by molar-refractivity contribution is 5.11. The Hall–Kier alpha value is -0.800. The van der Waals surface area contributed by atoms with Crippen LogP contribution in [0.1, 0.15) is 56.1 Å². The van der Waals surface area contributed by atoms with E-state index >= 15 is 0 Å². The van der Waals surface area contributed by atoms with Gasteiger partial charge < -0.3 is 14.9 Å². The number of hydrogen-bond donors (Lipinski definition) is 1. The van der Waals surface area contributed by atoms with Crippen molar-refractivity contribution in [2.24, 2.45) is 11.7 Å². The monoisotopic (exact) mass is 249 g/mol. The lowest BCUT2D eigenvalue weighted by molar-refractivity contribution is -0.0971. The van der Waals surface area contributed by atoms with Gasteiger partial charge in [0.05, 0.1) is 11.6 Å². The highest BCUT2D eigenvalue weighted by atomic mass is 16.5. The molecule has 0 amide bonds. The van der Waals surface area contributed by atoms with E-state index in [0.717, 1.165) is 31.0 Å². The third-order valence-corrected chi connectivity index (χ3v) is 4.64. The molecule has 3 heteroatoms. The van der Waals surface area contributed by atoms with Crippen LogP contribution in [0.5, 0.6) is 0 Å². The number of rotatable bonds is 2. The van der Waals surface area contributed by atoms with Crippen LogP contribution < -0.4 is 5.73 Å². The van der Waals surface area contributed by atoms with Gasteiger partial charge in [-0.3, -0.25) is 0 Å². The van der Waals surface area contributed by atoms with Gasteiger partial charge in [0, 0.05) is 6.61 Å². The molecule has 2 atom stereocenters. The Morgan fingerprint density at radius 2 is 2.11 bits per heavy atom. The van der Waals surface area contributed by atoms with Crippen LogP contribution >= 0.6 is 0 Å². The Bertz CT molecular complexity index is 406. The molecular weight excluding hydrogens is 226 g/mol. The minimum absolute atomic E-state index is 0.0278. The predicted molar refractivity (Wildman–Crippen MR) is 70.2 cm³/mol. The Labute approximate surface area is 109 Å². The number of ether oxygens (including phenoxy) is 1. The van der Waals surface area contributed by atoms with E-state index in [1.807, 2.05) is 19.1 Å². The normalized spacial score (nSPS) is 28.7. The molecule has 3 rings (SSSR count). The van der Waals surface area contributed by atoms with E-state index in [1.54, 1.807) is 0 Å². The van der Waals surface area contributed by atoms with Gasteiger partial charge in [0.25, 0.3) is 0 Å². The van der Waals surface area contributed by atoms with Crippen LogP contribution in [0.3, 0.4) is 0 Å². The van der Waals surface area contributed by atoms with E-state index in [2.05, 4.69) is 0 Å². The average molecular weight is 249 g/mol. The minimum atomic E-state index is 0.0278. The molecule has 18 heavy (non-hydrogen) atoms. The first-order valence-electron chi connectivity index (χ1n) is 7.14. The van der Waals surface area contributed by atoms with Crippen LogP contribution in [0, 0.1) is 12.8 Å². The summed E-state index contributed by atoms with van der Waals surface area (Å²) in [7, 11) is 0. The van der Waals surface area contributed by atoms with Gasteiger partial charge in [-0.15, -0.1) is 0 Å². The van der Waals surface area contributed by atoms with E-state index in [9.17, 15) is 0 Å². The molecule has 0 radical (unpaired) electrons. The molecule has 2 aliphatic rings. The molecular formula is C15H23NO2. The maximum atomic E-state index is 6.38. The third-order valence-electron chi connectivity index (χ3n) is 4.64. The summed E-state index contributed by atoms with van der Waals surface area (Å²) in [5.41, 5.74) is 6.53. The van der Waals surface area contributed by atoms with Gasteiger partial charge in [0.15, 0.2) is 0 Å². The van der Waals surface area contributed by atoms with E-state index < -0.39 is 0 Å². The van der Waals surface area contributed by atoms with Crippen molar-refractivity contribution >= 4 is 0 Å². The zero-order chi connectivity index (χ0) is 12.6. The molecule has 2 N–H and O–H groups in total. The summed E-state index contributed by atoms with van der Waals surface area (Å²) < 4.78 is 11.7. The van der Waals surface area contributed by atoms with Crippen LogP contribution in [0.2, 0.25) is 0 Å². The minimum Gasteiger partial charge on any atom is -0.465 e. The molecule has 2 heterocycles. The molecule has 1 aliphatic carbocycles. The number of nitrogens with two attached hydrogens (primary N) is 1. The zero-order valence-electron chi connectivity index (χ0n) is 11.2. The lowest BCUT2D eigenvalue weighted by Crippen LogP contribution is -2.40. The lowest BCUT2D eigenvalue weighted by Gasteiger charge is -2.40. The summed E-state index contributed by atoms with van der Waals surface area (Å²) in [6.45, 7) is 2.83. The van der Waals surface area contributed by atoms with Gasteiger partial charge in [0.2, 0.25) is 0 Å². The SMILES string of the molecule is Cc1ccc(C(N)C2CCOC3(CCCC3)C2)o1. The molecule has 2 fully saturated rings. The van der Waals surface area contributed by atoms with Crippen molar-refractivity contribution < 1.29 is 9.15 Å². The summed E-state index contributed by atoms with van der Waals surface area (Å²) in [5.74, 6) is 2.39. The highest BCUT2D eigenvalue weighted by Crippen LogP contribution is 2.44. The zero-order valence-corrected chi connectivity index (χ0v) is 11.2. The lowest BCUT2D eigenvalue weighted by atomic mass is 9.80. The maximum Gasteiger partial charge on any atom is 0.121 e. The standard InChI is InChI=1S/C15H23NO2/c1-11-4-5-13(18-11)14(16)12-6-9-17-15(10-12)7-2-3-8-15/h4-5,12,14H,2-3,6-10,16H2,1H3. The molecule has 1 aliphatic heterocycles. The summed E-state index contributed by atoms with van der Waals surface area (Å²) in [5, 5.41) is 0. The second-order valence-electron chi connectivity index (χ2n) is 5.97. The van der Waals surface area contributed by atoms with Gasteiger partial charge in [-0.2, -0.15) is 0 Å². The first-order chi connectivity index (χ1) is 8.69. The number of furan rings is 1. The van der Waals surface area contributed by atoms with E-state index in [4.69, 9.17) is 14.9 Å². The quantitative estimate of drug-likeness (QED) is 0.874. The van der Waals surface area contributed by atoms with Crippen molar-refractivity contribution in [3.8, 4) is 0 Å². The molecule has 2 unspecified atom stereocenters. The Kier molecular flexibility index (Phi) is 3.20. The molecule has 1 aromatic heterocycles. The molecule has 0 aromatic carbocycles. The molecule has 3 nitrogen and oxygen atoms in total. The van der Waals surface area contributed by atoms with Crippen molar-refractivity contribution in [2.75, 3.05) is 6.61 Å². The fourth-order valence-corrected chi connectivity index (χ4v) is 3.60. The summed E-state index contributed by atoms with van der Waals surface area (Å²) >= 11 is 0. The third kappa shape index (κ3) is 2.21. The molecule has 1 saturated heterocycles. The van der Waals surface area contributed by atoms with Crippen LogP contribution in [0.4, 0.5) is 0 Å². The van der Waals surface area contributed by atoms with Gasteiger partial charge in [-0.05, 0) is 50.7 Å². The average Bonchev–Trinajstić information content (AvgIpc) is 2.98. The van der Waals surface area contributed by atoms with Crippen LogP contribution in [-0.2, 0) is 4.74 Å². The van der Waals surface area contributed by atoms with Gasteiger partial charge >= 0.3 is 0 Å². The first kappa shape index (κ1) is 12.2. The maximum absolute atomic E-state index is 6.38. The van der Waals surface area contributed by atoms with Crippen molar-refractivity contribution in [3.63, 3.8) is 0 Å². The van der Waals surface area contributed by atoms with Gasteiger partial charge in [-0.1, -0.05) is 12.8 Å². The summed E-state index contributed by atoms with van der Waals surface area (Å²) in [6.07, 6.45) is 7.21. The van der Waals surface area contributed by atoms with E-state index in [1.165, 1.54) is 25.7 Å². The summed E-state index contributed by atoms with van der Waals surface area (Å²) in [6, 6.07) is 4.05. The number of hydrogen-bond acceptors (Lipinski definition) is 3. The van der Waals surface area contributed by atoms with Crippen LogP contribution in [-0.4, -0.2) is 12.2 Å². The highest BCUT2D eigenvalue weighted by Gasteiger charge is 2.42. The van der Waals surface area contributed by atoms with Crippen LogP contribution in [0.15, 0.2) is 16.5 Å². The van der Waals surface area contributed by atoms with Gasteiger partial charge in [0.1, 0.15) is 11.5 Å². The topological polar surface area (TPSA) is 48.4 Å². The van der Waals surface area contributed by atoms with Crippen molar-refractivity contribution in [2.45, 2.75) is 57.1 Å². The van der Waals surface area contributed by atoms with Crippen molar-refractivity contribution in [3.05, 3.63) is 23.7 Å². The van der Waals surface area contributed by atoms with Crippen molar-refractivity contribution in [1.82, 2.24) is 0 Å². The van der Waals surface area contributed by atoms with Crippen molar-refractivity contribution in [1.29, 1.82) is 0 Å². The summed E-state index contributed by atoms with van der Waals surface area (Å²) in [4.78, 5) is 0. The Balaban J connectivity index is 1.72. The van der Waals surface area contributed by atoms with Gasteiger partial charge in [-0.25, -0.2) is 0 Å². The number of aryl methyl sites for hydroxylation is 1. The molecule has 1 spiro atoms. The predicted octanol–water partition coefficient (Wildman–Crippen LogP) is 3.33. The second kappa shape index (κ2) is 4.71. The molecule has 100 valence electrons.